The predicted octanol–water partition coefficient (Wildman–Crippen LogP) is 1.69. The van der Waals surface area contributed by atoms with E-state index < -0.39 is 22.2 Å². The van der Waals surface area contributed by atoms with Crippen LogP contribution in [0.5, 0.6) is 0 Å². The van der Waals surface area contributed by atoms with Crippen molar-refractivity contribution >= 4 is 16.2 Å². The van der Waals surface area contributed by atoms with E-state index in [1.165, 1.54) is 4.31 Å². The first kappa shape index (κ1) is 16.4. The third kappa shape index (κ3) is 3.27. The molecule has 0 amide bonds. The highest BCUT2D eigenvalue weighted by Crippen LogP contribution is 2.42. The van der Waals surface area contributed by atoms with Crippen molar-refractivity contribution in [3.63, 3.8) is 0 Å². The molecule has 6 nitrogen and oxygen atoms in total. The summed E-state index contributed by atoms with van der Waals surface area (Å²) in [5, 5.41) is 9.18. The maximum Gasteiger partial charge on any atom is 0.305 e. The predicted molar refractivity (Wildman–Crippen MR) is 86.1 cm³/mol. The van der Waals surface area contributed by atoms with Gasteiger partial charge in [0.05, 0.1) is 12.5 Å². The Kier molecular flexibility index (Phi) is 4.44. The summed E-state index contributed by atoms with van der Waals surface area (Å²) in [4.78, 5) is 11.2. The highest BCUT2D eigenvalue weighted by molar-refractivity contribution is 7.87. The lowest BCUT2D eigenvalue weighted by molar-refractivity contribution is -0.137. The highest BCUT2D eigenvalue weighted by atomic mass is 32.2. The van der Waals surface area contributed by atoms with E-state index in [0.29, 0.717) is 12.5 Å². The van der Waals surface area contributed by atoms with Gasteiger partial charge in [0.25, 0.3) is 10.2 Å². The molecule has 2 N–H and O–H groups in total. The second-order valence-electron chi connectivity index (χ2n) is 6.39. The molecule has 1 aliphatic carbocycles. The van der Waals surface area contributed by atoms with E-state index in [1.54, 1.807) is 6.07 Å². The average Bonchev–Trinajstić information content (AvgIpc) is 3.06. The Bertz CT molecular complexity index is 698. The second-order valence-corrected chi connectivity index (χ2v) is 8.04. The van der Waals surface area contributed by atoms with E-state index in [0.717, 1.165) is 30.4 Å². The number of aryl methyl sites for hydroxylation is 1. The van der Waals surface area contributed by atoms with Crippen LogP contribution in [0.15, 0.2) is 24.3 Å². The lowest BCUT2D eigenvalue weighted by Gasteiger charge is -2.28. The van der Waals surface area contributed by atoms with E-state index in [1.807, 2.05) is 25.1 Å². The van der Waals surface area contributed by atoms with Gasteiger partial charge in [-0.05, 0) is 36.3 Å². The molecule has 0 aromatic heterocycles. The molecule has 2 aliphatic heterocycles. The van der Waals surface area contributed by atoms with Crippen LogP contribution in [0.2, 0.25) is 0 Å². The fourth-order valence-corrected chi connectivity index (χ4v) is 5.29. The second kappa shape index (κ2) is 6.22. The Labute approximate surface area is 136 Å². The SMILES string of the molecule is CCc1ccccc1C(CC(=O)O)NS(=O)(=O)N1CC2CC1C2. The maximum atomic E-state index is 12.7. The van der Waals surface area contributed by atoms with Crippen molar-refractivity contribution in [1.29, 1.82) is 0 Å². The summed E-state index contributed by atoms with van der Waals surface area (Å²) in [6.07, 6.45) is 2.31. The Morgan fingerprint density at radius 1 is 1.39 bits per heavy atom. The first-order valence-corrected chi connectivity index (χ1v) is 9.43. The highest BCUT2D eigenvalue weighted by Gasteiger charge is 2.48. The number of nitrogens with one attached hydrogen (secondary N) is 1. The molecule has 2 bridgehead atoms. The zero-order valence-corrected chi connectivity index (χ0v) is 13.9. The number of carboxylic acid groups (broad SMARTS) is 1. The number of rotatable bonds is 7. The van der Waals surface area contributed by atoms with Gasteiger partial charge in [-0.2, -0.15) is 17.4 Å². The number of carbonyl (C=O) groups is 1. The molecule has 3 fully saturated rings. The molecule has 1 aromatic rings. The lowest BCUT2D eigenvalue weighted by atomic mass is 9.87. The number of hydrogen-bond acceptors (Lipinski definition) is 3. The van der Waals surface area contributed by atoms with E-state index in [2.05, 4.69) is 4.72 Å². The largest absolute Gasteiger partial charge is 0.481 e. The quantitative estimate of drug-likeness (QED) is 0.792. The standard InChI is InChI=1S/C16H22N2O4S/c1-2-12-5-3-4-6-14(12)15(9-16(19)20)17-23(21,22)18-10-11-7-13(18)8-11/h3-6,11,13,15,17H,2,7-10H2,1H3,(H,19,20). The summed E-state index contributed by atoms with van der Waals surface area (Å²) in [6.45, 7) is 2.52. The summed E-state index contributed by atoms with van der Waals surface area (Å²) in [5.74, 6) is -0.549. The normalized spacial score (nSPS) is 25.1. The minimum absolute atomic E-state index is 0.0874. The van der Waals surface area contributed by atoms with Crippen LogP contribution < -0.4 is 4.72 Å². The monoisotopic (exact) mass is 338 g/mol. The Hall–Kier alpha value is -1.44. The molecule has 1 unspecified atom stereocenters. The van der Waals surface area contributed by atoms with Crippen molar-refractivity contribution < 1.29 is 18.3 Å². The van der Waals surface area contributed by atoms with Crippen molar-refractivity contribution in [2.24, 2.45) is 5.92 Å². The van der Waals surface area contributed by atoms with Crippen LogP contribution >= 0.6 is 0 Å². The van der Waals surface area contributed by atoms with Gasteiger partial charge in [-0.1, -0.05) is 31.2 Å². The number of fused-ring (bicyclic) bond motifs is 1. The number of hydrogen-bond donors (Lipinski definition) is 2. The number of nitrogens with zero attached hydrogens (tertiary/aromatic N) is 1. The van der Waals surface area contributed by atoms with Gasteiger partial charge >= 0.3 is 5.97 Å². The minimum atomic E-state index is -3.67. The van der Waals surface area contributed by atoms with Crippen LogP contribution in [0.4, 0.5) is 0 Å². The zero-order valence-electron chi connectivity index (χ0n) is 13.1. The molecular weight excluding hydrogens is 316 g/mol. The van der Waals surface area contributed by atoms with Crippen LogP contribution in [0.1, 0.15) is 43.4 Å². The van der Waals surface area contributed by atoms with Gasteiger partial charge in [-0.15, -0.1) is 0 Å². The molecule has 23 heavy (non-hydrogen) atoms. The van der Waals surface area contributed by atoms with E-state index in [4.69, 9.17) is 0 Å². The molecule has 1 atom stereocenters. The Balaban J connectivity index is 1.86. The molecule has 0 radical (unpaired) electrons. The van der Waals surface area contributed by atoms with Gasteiger partial charge in [0.15, 0.2) is 0 Å². The fourth-order valence-electron chi connectivity index (χ4n) is 3.62. The summed E-state index contributed by atoms with van der Waals surface area (Å²) in [6, 6.07) is 6.74. The molecular formula is C16H22N2O4S. The van der Waals surface area contributed by atoms with Crippen LogP contribution in [-0.2, 0) is 21.4 Å². The molecule has 2 heterocycles. The summed E-state index contributed by atoms with van der Waals surface area (Å²) < 4.78 is 29.4. The van der Waals surface area contributed by atoms with Crippen LogP contribution in [0.3, 0.4) is 0 Å². The molecule has 4 rings (SSSR count). The number of aliphatic carboxylic acids is 1. The van der Waals surface area contributed by atoms with Crippen molar-refractivity contribution in [3.8, 4) is 0 Å². The van der Waals surface area contributed by atoms with Crippen molar-refractivity contribution in [2.45, 2.75) is 44.7 Å². The average molecular weight is 338 g/mol. The Morgan fingerprint density at radius 2 is 2.09 bits per heavy atom. The molecule has 126 valence electrons. The van der Waals surface area contributed by atoms with Crippen molar-refractivity contribution in [3.05, 3.63) is 35.4 Å². The third-order valence-corrected chi connectivity index (χ3v) is 6.49. The van der Waals surface area contributed by atoms with Gasteiger partial charge in [0.2, 0.25) is 0 Å². The number of carboxylic acids is 1. The van der Waals surface area contributed by atoms with Crippen LogP contribution in [0, 0.1) is 5.92 Å². The third-order valence-electron chi connectivity index (χ3n) is 4.85. The molecule has 0 spiro atoms. The summed E-state index contributed by atoms with van der Waals surface area (Å²) in [5.41, 5.74) is 1.71. The topological polar surface area (TPSA) is 86.7 Å². The van der Waals surface area contributed by atoms with Crippen LogP contribution in [0.25, 0.3) is 0 Å². The fraction of sp³-hybridized carbons (Fsp3) is 0.562. The van der Waals surface area contributed by atoms with Gasteiger partial charge in [-0.3, -0.25) is 4.79 Å². The summed E-state index contributed by atoms with van der Waals surface area (Å²) in [7, 11) is -3.67. The molecule has 1 saturated carbocycles. The van der Waals surface area contributed by atoms with Crippen LogP contribution in [-0.4, -0.2) is 36.4 Å². The Morgan fingerprint density at radius 3 is 2.65 bits per heavy atom. The molecule has 3 aliphatic rings. The van der Waals surface area contributed by atoms with E-state index in [-0.39, 0.29) is 12.5 Å². The lowest BCUT2D eigenvalue weighted by Crippen LogP contribution is -2.44. The van der Waals surface area contributed by atoms with Crippen molar-refractivity contribution in [1.82, 2.24) is 9.03 Å². The van der Waals surface area contributed by atoms with E-state index >= 15 is 0 Å². The molecule has 1 aromatic carbocycles. The zero-order chi connectivity index (χ0) is 16.6. The number of benzene rings is 1. The molecule has 7 heteroatoms. The van der Waals surface area contributed by atoms with Gasteiger partial charge in [-0.25, -0.2) is 0 Å². The van der Waals surface area contributed by atoms with Gasteiger partial charge in [0, 0.05) is 12.6 Å². The van der Waals surface area contributed by atoms with Gasteiger partial charge < -0.3 is 5.11 Å². The smallest absolute Gasteiger partial charge is 0.305 e. The van der Waals surface area contributed by atoms with Gasteiger partial charge in [0.1, 0.15) is 0 Å². The minimum Gasteiger partial charge on any atom is -0.481 e. The maximum absolute atomic E-state index is 12.7. The first-order chi connectivity index (χ1) is 10.9. The van der Waals surface area contributed by atoms with E-state index in [9.17, 15) is 18.3 Å². The molecule has 2 saturated heterocycles. The first-order valence-electron chi connectivity index (χ1n) is 7.99. The van der Waals surface area contributed by atoms with Crippen molar-refractivity contribution in [2.75, 3.05) is 6.54 Å². The summed E-state index contributed by atoms with van der Waals surface area (Å²) >= 11 is 0.